The second kappa shape index (κ2) is 6.36. The monoisotopic (exact) mass is 264 g/mol. The molecule has 0 bridgehead atoms. The summed E-state index contributed by atoms with van der Waals surface area (Å²) in [7, 11) is 0. The first-order chi connectivity index (χ1) is 9.20. The van der Waals surface area contributed by atoms with E-state index in [0.29, 0.717) is 45.6 Å². The van der Waals surface area contributed by atoms with Crippen molar-refractivity contribution in [2.75, 3.05) is 26.2 Å². The highest BCUT2D eigenvalue weighted by molar-refractivity contribution is 5.78. The standard InChI is InChI=1S/C13H20N4O2/c1-2-12(18)15-8-10-16(11-9-15)13(19)4-7-17-6-3-5-14-17/h3,5-6H,2,4,7-11H2,1H3. The number of piperazine rings is 1. The van der Waals surface area contributed by atoms with Crippen LogP contribution in [0.3, 0.4) is 0 Å². The third-order valence-electron chi connectivity index (χ3n) is 3.40. The maximum Gasteiger partial charge on any atom is 0.224 e. The van der Waals surface area contributed by atoms with Crippen molar-refractivity contribution in [3.05, 3.63) is 18.5 Å². The fraction of sp³-hybridized carbons (Fsp3) is 0.615. The summed E-state index contributed by atoms with van der Waals surface area (Å²) in [5.41, 5.74) is 0. The summed E-state index contributed by atoms with van der Waals surface area (Å²) >= 11 is 0. The number of carbonyl (C=O) groups excluding carboxylic acids is 2. The Hall–Kier alpha value is -1.85. The molecule has 2 rings (SSSR count). The summed E-state index contributed by atoms with van der Waals surface area (Å²) in [6.45, 7) is 5.07. The van der Waals surface area contributed by atoms with Gasteiger partial charge in [-0.2, -0.15) is 5.10 Å². The molecule has 0 unspecified atom stereocenters. The lowest BCUT2D eigenvalue weighted by atomic mass is 10.2. The predicted molar refractivity (Wildman–Crippen MR) is 70.3 cm³/mol. The van der Waals surface area contributed by atoms with Crippen LogP contribution in [0.4, 0.5) is 0 Å². The van der Waals surface area contributed by atoms with Gasteiger partial charge >= 0.3 is 0 Å². The van der Waals surface area contributed by atoms with E-state index in [1.807, 2.05) is 29.0 Å². The van der Waals surface area contributed by atoms with Gasteiger partial charge in [0.15, 0.2) is 0 Å². The molecule has 1 aliphatic heterocycles. The van der Waals surface area contributed by atoms with Crippen molar-refractivity contribution < 1.29 is 9.59 Å². The van der Waals surface area contributed by atoms with E-state index in [1.54, 1.807) is 10.9 Å². The lowest BCUT2D eigenvalue weighted by Crippen LogP contribution is -2.50. The number of hydrogen-bond donors (Lipinski definition) is 0. The van der Waals surface area contributed by atoms with Crippen LogP contribution in [0.15, 0.2) is 18.5 Å². The molecule has 0 aliphatic carbocycles. The average molecular weight is 264 g/mol. The number of nitrogens with zero attached hydrogens (tertiary/aromatic N) is 4. The molecule has 1 aromatic rings. The molecule has 0 radical (unpaired) electrons. The van der Waals surface area contributed by atoms with Crippen molar-refractivity contribution in [2.45, 2.75) is 26.3 Å². The highest BCUT2D eigenvalue weighted by atomic mass is 16.2. The number of aromatic nitrogens is 2. The highest BCUT2D eigenvalue weighted by Crippen LogP contribution is 2.06. The van der Waals surface area contributed by atoms with Gasteiger partial charge in [0.1, 0.15) is 0 Å². The number of aryl methyl sites for hydroxylation is 1. The van der Waals surface area contributed by atoms with Crippen molar-refractivity contribution in [3.63, 3.8) is 0 Å². The van der Waals surface area contributed by atoms with Gasteiger partial charge in [0.25, 0.3) is 0 Å². The summed E-state index contributed by atoms with van der Waals surface area (Å²) in [6, 6.07) is 1.85. The van der Waals surface area contributed by atoms with E-state index < -0.39 is 0 Å². The molecule has 104 valence electrons. The first-order valence-corrected chi connectivity index (χ1v) is 6.73. The van der Waals surface area contributed by atoms with Gasteiger partial charge in [0, 0.05) is 58.0 Å². The number of rotatable bonds is 4. The van der Waals surface area contributed by atoms with Crippen LogP contribution < -0.4 is 0 Å². The van der Waals surface area contributed by atoms with Crippen LogP contribution in [0.5, 0.6) is 0 Å². The van der Waals surface area contributed by atoms with E-state index in [9.17, 15) is 9.59 Å². The quantitative estimate of drug-likeness (QED) is 0.788. The van der Waals surface area contributed by atoms with Crippen LogP contribution in [0.25, 0.3) is 0 Å². The minimum atomic E-state index is 0.138. The van der Waals surface area contributed by atoms with Gasteiger partial charge in [0.05, 0.1) is 0 Å². The van der Waals surface area contributed by atoms with Crippen LogP contribution in [0.1, 0.15) is 19.8 Å². The molecule has 0 saturated carbocycles. The van der Waals surface area contributed by atoms with Crippen LogP contribution in [0.2, 0.25) is 0 Å². The van der Waals surface area contributed by atoms with Crippen LogP contribution in [-0.4, -0.2) is 57.6 Å². The molecule has 1 saturated heterocycles. The molecule has 1 fully saturated rings. The molecule has 6 nitrogen and oxygen atoms in total. The van der Waals surface area contributed by atoms with Crippen LogP contribution in [-0.2, 0) is 16.1 Å². The van der Waals surface area contributed by atoms with Crippen molar-refractivity contribution in [1.82, 2.24) is 19.6 Å². The highest BCUT2D eigenvalue weighted by Gasteiger charge is 2.22. The van der Waals surface area contributed by atoms with E-state index >= 15 is 0 Å². The Balaban J connectivity index is 1.74. The Labute approximate surface area is 113 Å². The smallest absolute Gasteiger partial charge is 0.224 e. The Morgan fingerprint density at radius 3 is 2.26 bits per heavy atom. The third-order valence-corrected chi connectivity index (χ3v) is 3.40. The second-order valence-corrected chi connectivity index (χ2v) is 4.63. The van der Waals surface area contributed by atoms with Crippen LogP contribution in [0, 0.1) is 0 Å². The molecular formula is C13H20N4O2. The SMILES string of the molecule is CCC(=O)N1CCN(C(=O)CCn2cccn2)CC1. The van der Waals surface area contributed by atoms with E-state index in [1.165, 1.54) is 0 Å². The minimum Gasteiger partial charge on any atom is -0.339 e. The van der Waals surface area contributed by atoms with E-state index in [2.05, 4.69) is 5.10 Å². The van der Waals surface area contributed by atoms with Crippen molar-refractivity contribution in [2.24, 2.45) is 0 Å². The topological polar surface area (TPSA) is 58.4 Å². The van der Waals surface area contributed by atoms with Gasteiger partial charge in [-0.05, 0) is 6.07 Å². The molecule has 0 N–H and O–H groups in total. The molecule has 2 amide bonds. The zero-order valence-electron chi connectivity index (χ0n) is 11.3. The molecule has 19 heavy (non-hydrogen) atoms. The van der Waals surface area contributed by atoms with Gasteiger partial charge in [-0.3, -0.25) is 14.3 Å². The van der Waals surface area contributed by atoms with E-state index in [4.69, 9.17) is 0 Å². The molecule has 0 atom stereocenters. The summed E-state index contributed by atoms with van der Waals surface area (Å²) in [4.78, 5) is 27.2. The Morgan fingerprint density at radius 2 is 1.74 bits per heavy atom. The van der Waals surface area contributed by atoms with Crippen molar-refractivity contribution in [3.8, 4) is 0 Å². The van der Waals surface area contributed by atoms with Crippen LogP contribution >= 0.6 is 0 Å². The molecule has 1 aliphatic rings. The maximum atomic E-state index is 12.0. The number of amides is 2. The molecule has 1 aromatic heterocycles. The minimum absolute atomic E-state index is 0.138. The normalized spacial score (nSPS) is 15.6. The molecule has 0 spiro atoms. The summed E-state index contributed by atoms with van der Waals surface area (Å²) < 4.78 is 1.76. The lowest BCUT2D eigenvalue weighted by Gasteiger charge is -2.34. The molecule has 6 heteroatoms. The number of hydrogen-bond acceptors (Lipinski definition) is 3. The average Bonchev–Trinajstić information content (AvgIpc) is 2.97. The van der Waals surface area contributed by atoms with Crippen molar-refractivity contribution in [1.29, 1.82) is 0 Å². The summed E-state index contributed by atoms with van der Waals surface area (Å²) in [5, 5.41) is 4.07. The lowest BCUT2D eigenvalue weighted by molar-refractivity contribution is -0.139. The maximum absolute atomic E-state index is 12.0. The first-order valence-electron chi connectivity index (χ1n) is 6.73. The zero-order chi connectivity index (χ0) is 13.7. The molecule has 0 aromatic carbocycles. The largest absolute Gasteiger partial charge is 0.339 e. The van der Waals surface area contributed by atoms with Gasteiger partial charge in [-0.1, -0.05) is 6.92 Å². The fourth-order valence-corrected chi connectivity index (χ4v) is 2.23. The Kier molecular flexibility index (Phi) is 4.54. The Morgan fingerprint density at radius 1 is 1.11 bits per heavy atom. The second-order valence-electron chi connectivity index (χ2n) is 4.63. The predicted octanol–water partition coefficient (Wildman–Crippen LogP) is 0.354. The van der Waals surface area contributed by atoms with Gasteiger partial charge in [-0.25, -0.2) is 0 Å². The first kappa shape index (κ1) is 13.6. The molecule has 2 heterocycles. The summed E-state index contributed by atoms with van der Waals surface area (Å²) in [5.74, 6) is 0.308. The summed E-state index contributed by atoms with van der Waals surface area (Å²) in [6.07, 6.45) is 4.56. The Bertz CT molecular complexity index is 422. The number of carbonyl (C=O) groups is 2. The zero-order valence-corrected chi connectivity index (χ0v) is 11.3. The van der Waals surface area contributed by atoms with E-state index in [0.717, 1.165) is 0 Å². The van der Waals surface area contributed by atoms with E-state index in [-0.39, 0.29) is 11.8 Å². The van der Waals surface area contributed by atoms with Gasteiger partial charge in [-0.15, -0.1) is 0 Å². The fourth-order valence-electron chi connectivity index (χ4n) is 2.23. The van der Waals surface area contributed by atoms with Crippen molar-refractivity contribution >= 4 is 11.8 Å². The van der Waals surface area contributed by atoms with Gasteiger partial charge in [0.2, 0.25) is 11.8 Å². The molecular weight excluding hydrogens is 244 g/mol. The van der Waals surface area contributed by atoms with Gasteiger partial charge < -0.3 is 9.80 Å². The third kappa shape index (κ3) is 3.56.